The molecule has 0 saturated carbocycles. The molecule has 1 heterocycles. The van der Waals surface area contributed by atoms with Crippen LogP contribution in [0.5, 0.6) is 0 Å². The Bertz CT molecular complexity index is 534. The number of phosphoric ester groups is 1. The van der Waals surface area contributed by atoms with Gasteiger partial charge in [-0.3, -0.25) is 9.09 Å². The average Bonchev–Trinajstić information content (AvgIpc) is 2.12. The van der Waals surface area contributed by atoms with Crippen molar-refractivity contribution in [3.8, 4) is 0 Å². The number of rotatable bonds is 5. The van der Waals surface area contributed by atoms with Gasteiger partial charge in [0.25, 0.3) is 7.47 Å². The van der Waals surface area contributed by atoms with E-state index in [9.17, 15) is 9.13 Å². The molecule has 0 fully saturated rings. The van der Waals surface area contributed by atoms with Crippen molar-refractivity contribution in [1.82, 2.24) is 9.97 Å². The molecule has 9 nitrogen and oxygen atoms in total. The lowest BCUT2D eigenvalue weighted by atomic mass is 10.3. The number of phosphoric acid groups is 1. The van der Waals surface area contributed by atoms with Gasteiger partial charge in [-0.15, -0.1) is 0 Å². The molecule has 1 rings (SSSR count). The molecule has 0 aliphatic heterocycles. The highest BCUT2D eigenvalue weighted by Crippen LogP contribution is 2.57. The quantitative estimate of drug-likeness (QED) is 0.514. The van der Waals surface area contributed by atoms with Crippen LogP contribution in [-0.4, -0.2) is 27.3 Å². The van der Waals surface area contributed by atoms with Crippen LogP contribution >= 0.6 is 15.3 Å². The Labute approximate surface area is 104 Å². The van der Waals surface area contributed by atoms with Gasteiger partial charge in [-0.05, 0) is 6.92 Å². The molecule has 0 aromatic carbocycles. The Morgan fingerprint density at radius 3 is 2.61 bits per heavy atom. The van der Waals surface area contributed by atoms with E-state index in [1.807, 2.05) is 0 Å². The van der Waals surface area contributed by atoms with Crippen molar-refractivity contribution in [2.45, 2.75) is 13.5 Å². The first kappa shape index (κ1) is 15.3. The van der Waals surface area contributed by atoms with Gasteiger partial charge in [-0.2, -0.15) is 0 Å². The Hall–Kier alpha value is -0.755. The van der Waals surface area contributed by atoms with E-state index < -0.39 is 21.9 Å². The predicted molar refractivity (Wildman–Crippen MR) is 62.5 cm³/mol. The highest BCUT2D eigenvalue weighted by atomic mass is 31.3. The minimum absolute atomic E-state index is 0.0578. The van der Waals surface area contributed by atoms with Crippen molar-refractivity contribution in [3.63, 3.8) is 0 Å². The molecular formula is C6H10BN3O6P2. The van der Waals surface area contributed by atoms with Crippen LogP contribution in [0.4, 0.5) is 5.82 Å². The number of aromatic nitrogens is 2. The molecule has 0 saturated heterocycles. The van der Waals surface area contributed by atoms with E-state index in [4.69, 9.17) is 15.5 Å². The van der Waals surface area contributed by atoms with Crippen LogP contribution in [0, 0.1) is 6.92 Å². The van der Waals surface area contributed by atoms with Crippen LogP contribution in [0.1, 0.15) is 11.4 Å². The molecule has 98 valence electrons. The normalized spacial score (nSPS) is 17.9. The highest BCUT2D eigenvalue weighted by molar-refractivity contribution is 7.82. The third-order valence-electron chi connectivity index (χ3n) is 1.62. The molecule has 1 aromatic rings. The van der Waals surface area contributed by atoms with E-state index in [0.717, 1.165) is 0 Å². The van der Waals surface area contributed by atoms with Crippen LogP contribution in [0.3, 0.4) is 0 Å². The Kier molecular flexibility index (Phi) is 4.66. The molecular weight excluding hydrogens is 283 g/mol. The molecule has 12 heteroatoms. The Balaban J connectivity index is 2.70. The number of hydrogen-bond donors (Lipinski definition) is 3. The number of nitrogen functional groups attached to an aromatic ring is 1. The van der Waals surface area contributed by atoms with Crippen molar-refractivity contribution in [3.05, 3.63) is 17.6 Å². The number of nitrogens with zero attached hydrogens (tertiary/aromatic N) is 2. The predicted octanol–water partition coefficient (Wildman–Crippen LogP) is 0.270. The summed E-state index contributed by atoms with van der Waals surface area (Å²) in [5.74, 6) is 0.476. The largest absolute Gasteiger partial charge is 0.479 e. The Morgan fingerprint density at radius 2 is 2.11 bits per heavy atom. The van der Waals surface area contributed by atoms with Gasteiger partial charge in [0.1, 0.15) is 11.6 Å². The first-order valence-electron chi connectivity index (χ1n) is 4.47. The maximum absolute atomic E-state index is 11.2. The minimum atomic E-state index is -4.76. The number of aryl methyl sites for hydroxylation is 1. The molecule has 0 aliphatic rings. The summed E-state index contributed by atoms with van der Waals surface area (Å²) in [6, 6.07) is 0. The Morgan fingerprint density at radius 1 is 1.50 bits per heavy atom. The molecule has 2 unspecified atom stereocenters. The van der Waals surface area contributed by atoms with Crippen LogP contribution in [0.15, 0.2) is 6.20 Å². The fourth-order valence-corrected chi connectivity index (χ4v) is 2.62. The van der Waals surface area contributed by atoms with E-state index in [1.54, 1.807) is 6.92 Å². The molecule has 2 radical (unpaired) electrons. The lowest BCUT2D eigenvalue weighted by molar-refractivity contribution is 0.191. The van der Waals surface area contributed by atoms with Crippen LogP contribution in [0.2, 0.25) is 0 Å². The van der Waals surface area contributed by atoms with Crippen LogP contribution < -0.4 is 5.73 Å². The van der Waals surface area contributed by atoms with Gasteiger partial charge in [0.15, 0.2) is 0 Å². The lowest BCUT2D eigenvalue weighted by Gasteiger charge is -2.14. The van der Waals surface area contributed by atoms with Gasteiger partial charge >= 0.3 is 7.82 Å². The summed E-state index contributed by atoms with van der Waals surface area (Å²) in [5, 5.41) is 0. The zero-order valence-corrected chi connectivity index (χ0v) is 11.0. The second-order valence-corrected chi connectivity index (χ2v) is 6.19. The number of nitrogens with two attached hydrogens (primary N) is 1. The summed E-state index contributed by atoms with van der Waals surface area (Å²) in [6.45, 7) is 1.14. The summed E-state index contributed by atoms with van der Waals surface area (Å²) in [5.41, 5.74) is 5.73. The fourth-order valence-electron chi connectivity index (χ4n) is 0.946. The average molecular weight is 293 g/mol. The summed E-state index contributed by atoms with van der Waals surface area (Å²) >= 11 is 0. The van der Waals surface area contributed by atoms with E-state index >= 15 is 0 Å². The second-order valence-electron chi connectivity index (χ2n) is 3.22. The first-order valence-corrected chi connectivity index (χ1v) is 7.61. The highest BCUT2D eigenvalue weighted by Gasteiger charge is 2.29. The molecule has 0 spiro atoms. The van der Waals surface area contributed by atoms with Crippen molar-refractivity contribution < 1.29 is 27.8 Å². The number of hydrogen-bond acceptors (Lipinski definition) is 7. The third-order valence-corrected chi connectivity index (χ3v) is 3.84. The minimum Gasteiger partial charge on any atom is -0.383 e. The fraction of sp³-hybridized carbons (Fsp3) is 0.333. The molecule has 4 N–H and O–H groups in total. The molecule has 1 aromatic heterocycles. The first-order chi connectivity index (χ1) is 8.09. The lowest BCUT2D eigenvalue weighted by Crippen LogP contribution is -2.03. The van der Waals surface area contributed by atoms with Crippen LogP contribution in [-0.2, 0) is 24.6 Å². The molecule has 18 heavy (non-hydrogen) atoms. The topological polar surface area (TPSA) is 145 Å². The summed E-state index contributed by atoms with van der Waals surface area (Å²) in [4.78, 5) is 25.3. The van der Waals surface area contributed by atoms with Gasteiger partial charge in [0.05, 0.1) is 6.61 Å². The SMILES string of the molecule is [B]P(=O)(O)OP(=O)(O)OCc1cnc(C)nc1N. The number of anilines is 1. The van der Waals surface area contributed by atoms with Gasteiger partial charge in [-0.1, -0.05) is 0 Å². The van der Waals surface area contributed by atoms with Gasteiger partial charge in [0, 0.05) is 11.8 Å². The maximum atomic E-state index is 11.2. The van der Waals surface area contributed by atoms with E-state index in [2.05, 4.69) is 26.4 Å². The molecule has 2 atom stereocenters. The van der Waals surface area contributed by atoms with Gasteiger partial charge < -0.3 is 15.5 Å². The van der Waals surface area contributed by atoms with Crippen molar-refractivity contribution in [2.75, 3.05) is 5.73 Å². The maximum Gasteiger partial charge on any atom is 0.479 e. The van der Waals surface area contributed by atoms with E-state index in [1.165, 1.54) is 6.20 Å². The van der Waals surface area contributed by atoms with Crippen LogP contribution in [0.25, 0.3) is 0 Å². The smallest absolute Gasteiger partial charge is 0.383 e. The molecule has 0 bridgehead atoms. The summed E-state index contributed by atoms with van der Waals surface area (Å²) < 4.78 is 30.0. The third kappa shape index (κ3) is 5.26. The zero-order valence-electron chi connectivity index (χ0n) is 9.26. The van der Waals surface area contributed by atoms with Crippen molar-refractivity contribution in [1.29, 1.82) is 0 Å². The second kappa shape index (κ2) is 5.48. The molecule has 0 aliphatic carbocycles. The summed E-state index contributed by atoms with van der Waals surface area (Å²) in [7, 11) is -4.82. The van der Waals surface area contributed by atoms with Gasteiger partial charge in [-0.25, -0.2) is 18.8 Å². The standard InChI is InChI=1S/C6H10BN3O6P2/c1-4-9-2-5(6(8)10-4)3-15-18(13,14)16-17(7,11)12/h2H,3H2,1H3,(H,11,12)(H,13,14)(H2,8,9,10). The zero-order chi connectivity index (χ0) is 14.0. The van der Waals surface area contributed by atoms with E-state index in [-0.39, 0.29) is 11.4 Å². The van der Waals surface area contributed by atoms with E-state index in [0.29, 0.717) is 5.82 Å². The molecule has 0 amide bonds. The monoisotopic (exact) mass is 293 g/mol. The summed E-state index contributed by atoms with van der Waals surface area (Å²) in [6.07, 6.45) is 1.29. The van der Waals surface area contributed by atoms with Crippen molar-refractivity contribution >= 4 is 28.7 Å². The van der Waals surface area contributed by atoms with Gasteiger partial charge in [0.2, 0.25) is 7.57 Å². The van der Waals surface area contributed by atoms with Crippen molar-refractivity contribution in [2.24, 2.45) is 0 Å².